The van der Waals surface area contributed by atoms with Gasteiger partial charge in [0.2, 0.25) is 5.91 Å². The molecule has 5 heteroatoms. The van der Waals surface area contributed by atoms with Crippen molar-refractivity contribution in [2.45, 2.75) is 24.6 Å². The fourth-order valence-corrected chi connectivity index (χ4v) is 2.83. The molecule has 2 N–H and O–H groups in total. The lowest BCUT2D eigenvalue weighted by molar-refractivity contribution is -0.133. The second kappa shape index (κ2) is 6.35. The first-order valence-electron chi connectivity index (χ1n) is 5.34. The van der Waals surface area contributed by atoms with Crippen LogP contribution in [0.25, 0.3) is 0 Å². The van der Waals surface area contributed by atoms with Crippen molar-refractivity contribution in [1.29, 1.82) is 0 Å². The average molecular weight is 232 g/mol. The van der Waals surface area contributed by atoms with Gasteiger partial charge in [-0.1, -0.05) is 6.92 Å². The van der Waals surface area contributed by atoms with Crippen molar-refractivity contribution in [3.63, 3.8) is 0 Å². The average Bonchev–Trinajstić information content (AvgIpc) is 2.28. The lowest BCUT2D eigenvalue weighted by atomic mass is 10.2. The number of nitrogens with two attached hydrogens (primary N) is 1. The van der Waals surface area contributed by atoms with Crippen LogP contribution in [0.5, 0.6) is 0 Å². The zero-order valence-electron chi connectivity index (χ0n) is 9.44. The molecule has 0 aromatic rings. The molecule has 0 bridgehead atoms. The largest absolute Gasteiger partial charge is 0.383 e. The summed E-state index contributed by atoms with van der Waals surface area (Å²) >= 11 is 1.94. The van der Waals surface area contributed by atoms with Crippen molar-refractivity contribution in [2.75, 3.05) is 32.6 Å². The predicted molar refractivity (Wildman–Crippen MR) is 63.0 cm³/mol. The molecule has 1 rings (SSSR count). The monoisotopic (exact) mass is 232 g/mol. The summed E-state index contributed by atoms with van der Waals surface area (Å²) in [5.41, 5.74) is 5.72. The molecule has 15 heavy (non-hydrogen) atoms. The molecule has 0 spiro atoms. The number of nitrogens with zero attached hydrogens (tertiary/aromatic N) is 1. The van der Waals surface area contributed by atoms with Crippen molar-refractivity contribution in [3.05, 3.63) is 0 Å². The standard InChI is InChI=1S/C10H20N2O2S/c1-3-8-6-12(4-5-15-8)10(13)9(11)7-14-2/h8-9H,3-7,11H2,1-2H3. The molecule has 1 saturated heterocycles. The molecule has 1 aliphatic heterocycles. The van der Waals surface area contributed by atoms with Gasteiger partial charge in [0, 0.05) is 31.2 Å². The zero-order valence-corrected chi connectivity index (χ0v) is 10.3. The Labute approximate surface area is 95.5 Å². The normalized spacial score (nSPS) is 23.9. The summed E-state index contributed by atoms with van der Waals surface area (Å²) < 4.78 is 4.89. The highest BCUT2D eigenvalue weighted by molar-refractivity contribution is 8.00. The Morgan fingerprint density at radius 1 is 1.73 bits per heavy atom. The number of thioether (sulfide) groups is 1. The van der Waals surface area contributed by atoms with Gasteiger partial charge < -0.3 is 15.4 Å². The molecule has 88 valence electrons. The smallest absolute Gasteiger partial charge is 0.241 e. The van der Waals surface area contributed by atoms with Gasteiger partial charge in [-0.15, -0.1) is 0 Å². The van der Waals surface area contributed by atoms with E-state index in [4.69, 9.17) is 10.5 Å². The van der Waals surface area contributed by atoms with Crippen LogP contribution in [0.2, 0.25) is 0 Å². The van der Waals surface area contributed by atoms with Crippen LogP contribution in [0.1, 0.15) is 13.3 Å². The Morgan fingerprint density at radius 2 is 2.47 bits per heavy atom. The van der Waals surface area contributed by atoms with Crippen LogP contribution in [0.3, 0.4) is 0 Å². The van der Waals surface area contributed by atoms with Crippen LogP contribution in [-0.2, 0) is 9.53 Å². The van der Waals surface area contributed by atoms with E-state index in [1.165, 1.54) is 0 Å². The highest BCUT2D eigenvalue weighted by Gasteiger charge is 2.26. The van der Waals surface area contributed by atoms with Gasteiger partial charge in [-0.2, -0.15) is 11.8 Å². The van der Waals surface area contributed by atoms with Crippen LogP contribution in [-0.4, -0.2) is 54.7 Å². The molecule has 2 unspecified atom stereocenters. The third-order valence-corrected chi connectivity index (χ3v) is 3.94. The van der Waals surface area contributed by atoms with Crippen LogP contribution in [0, 0.1) is 0 Å². The van der Waals surface area contributed by atoms with Gasteiger partial charge in [0.1, 0.15) is 6.04 Å². The third kappa shape index (κ3) is 3.66. The van der Waals surface area contributed by atoms with E-state index in [9.17, 15) is 4.79 Å². The molecule has 0 aromatic heterocycles. The summed E-state index contributed by atoms with van der Waals surface area (Å²) in [5, 5.41) is 0.567. The first-order chi connectivity index (χ1) is 7.19. The van der Waals surface area contributed by atoms with Gasteiger partial charge in [0.15, 0.2) is 0 Å². The molecule has 1 aliphatic rings. The topological polar surface area (TPSA) is 55.6 Å². The van der Waals surface area contributed by atoms with Crippen molar-refractivity contribution >= 4 is 17.7 Å². The number of hydrogen-bond donors (Lipinski definition) is 1. The molecule has 0 aliphatic carbocycles. The number of hydrogen-bond acceptors (Lipinski definition) is 4. The first-order valence-corrected chi connectivity index (χ1v) is 6.38. The first kappa shape index (κ1) is 12.8. The Hall–Kier alpha value is -0.260. The van der Waals surface area contributed by atoms with Crippen molar-refractivity contribution in [1.82, 2.24) is 4.90 Å². The van der Waals surface area contributed by atoms with Crippen LogP contribution in [0.4, 0.5) is 0 Å². The molecule has 2 atom stereocenters. The molecule has 1 amide bonds. The predicted octanol–water partition coefficient (Wildman–Crippen LogP) is 0.314. The molecule has 4 nitrogen and oxygen atoms in total. The molecule has 0 radical (unpaired) electrons. The van der Waals surface area contributed by atoms with Crippen molar-refractivity contribution < 1.29 is 9.53 Å². The van der Waals surface area contributed by atoms with Crippen LogP contribution < -0.4 is 5.73 Å². The third-order valence-electron chi connectivity index (χ3n) is 2.57. The summed E-state index contributed by atoms with van der Waals surface area (Å²) in [6.07, 6.45) is 1.11. The second-order valence-corrected chi connectivity index (χ2v) is 5.16. The van der Waals surface area contributed by atoms with Crippen molar-refractivity contribution in [3.8, 4) is 0 Å². The lowest BCUT2D eigenvalue weighted by Crippen LogP contribution is -2.50. The van der Waals surface area contributed by atoms with Crippen molar-refractivity contribution in [2.24, 2.45) is 5.73 Å². The summed E-state index contributed by atoms with van der Waals surface area (Å²) in [7, 11) is 1.56. The second-order valence-electron chi connectivity index (χ2n) is 3.75. The van der Waals surface area contributed by atoms with Gasteiger partial charge in [0.05, 0.1) is 6.61 Å². The van der Waals surface area contributed by atoms with Crippen LogP contribution in [0.15, 0.2) is 0 Å². The number of amides is 1. The maximum atomic E-state index is 11.9. The zero-order chi connectivity index (χ0) is 11.3. The Morgan fingerprint density at radius 3 is 3.07 bits per heavy atom. The maximum absolute atomic E-state index is 11.9. The van der Waals surface area contributed by atoms with E-state index < -0.39 is 6.04 Å². The van der Waals surface area contributed by atoms with E-state index in [1.54, 1.807) is 7.11 Å². The number of rotatable bonds is 4. The number of carbonyl (C=O) groups is 1. The van der Waals surface area contributed by atoms with E-state index in [1.807, 2.05) is 16.7 Å². The Kier molecular flexibility index (Phi) is 5.42. The maximum Gasteiger partial charge on any atom is 0.241 e. The number of carbonyl (C=O) groups excluding carboxylic acids is 1. The summed E-state index contributed by atoms with van der Waals surface area (Å²) in [6, 6.07) is -0.504. The van der Waals surface area contributed by atoms with Gasteiger partial charge in [-0.3, -0.25) is 4.79 Å². The van der Waals surface area contributed by atoms with Crippen LogP contribution >= 0.6 is 11.8 Å². The Bertz CT molecular complexity index is 214. The minimum atomic E-state index is -0.504. The fourth-order valence-electron chi connectivity index (χ4n) is 1.65. The molecule has 0 saturated carbocycles. The quantitative estimate of drug-likeness (QED) is 0.758. The van der Waals surface area contributed by atoms with Gasteiger partial charge in [-0.25, -0.2) is 0 Å². The highest BCUT2D eigenvalue weighted by atomic mass is 32.2. The van der Waals surface area contributed by atoms with Gasteiger partial charge in [0.25, 0.3) is 0 Å². The van der Waals surface area contributed by atoms with Gasteiger partial charge in [-0.05, 0) is 6.42 Å². The van der Waals surface area contributed by atoms with E-state index >= 15 is 0 Å². The van der Waals surface area contributed by atoms with E-state index in [-0.39, 0.29) is 5.91 Å². The Balaban J connectivity index is 2.44. The number of methoxy groups -OCH3 is 1. The molecular formula is C10H20N2O2S. The fraction of sp³-hybridized carbons (Fsp3) is 0.900. The van der Waals surface area contributed by atoms with E-state index in [0.717, 1.165) is 25.3 Å². The van der Waals surface area contributed by atoms with E-state index in [0.29, 0.717) is 11.9 Å². The summed E-state index contributed by atoms with van der Waals surface area (Å²) in [6.45, 7) is 4.11. The van der Waals surface area contributed by atoms with Gasteiger partial charge >= 0.3 is 0 Å². The molecule has 1 heterocycles. The number of ether oxygens (including phenoxy) is 1. The molecular weight excluding hydrogens is 212 g/mol. The van der Waals surface area contributed by atoms with E-state index in [2.05, 4.69) is 6.92 Å². The summed E-state index contributed by atoms with van der Waals surface area (Å²) in [5.74, 6) is 1.04. The molecule has 1 fully saturated rings. The molecule has 0 aromatic carbocycles. The minimum Gasteiger partial charge on any atom is -0.383 e. The summed E-state index contributed by atoms with van der Waals surface area (Å²) in [4.78, 5) is 13.7. The SMILES string of the molecule is CCC1CN(C(=O)C(N)COC)CCS1. The highest BCUT2D eigenvalue weighted by Crippen LogP contribution is 2.21. The minimum absolute atomic E-state index is 0.0237. The lowest BCUT2D eigenvalue weighted by Gasteiger charge is -2.33.